The van der Waals surface area contributed by atoms with Crippen molar-refractivity contribution in [2.75, 3.05) is 11.9 Å². The van der Waals surface area contributed by atoms with Gasteiger partial charge in [0.25, 0.3) is 0 Å². The van der Waals surface area contributed by atoms with E-state index < -0.39 is 6.29 Å². The monoisotopic (exact) mass is 333 g/mol. The first-order valence-corrected chi connectivity index (χ1v) is 8.20. The highest BCUT2D eigenvalue weighted by molar-refractivity contribution is 5.75. The van der Waals surface area contributed by atoms with Crippen molar-refractivity contribution in [1.82, 2.24) is 0 Å². The van der Waals surface area contributed by atoms with Crippen LogP contribution in [0.25, 0.3) is 0 Å². The first-order chi connectivity index (χ1) is 12.1. The Morgan fingerprint density at radius 1 is 0.880 bits per heavy atom. The van der Waals surface area contributed by atoms with Gasteiger partial charge in [0, 0.05) is 24.5 Å². The number of aliphatic hydroxyl groups excluding tert-OH is 1. The van der Waals surface area contributed by atoms with Gasteiger partial charge in [0.05, 0.1) is 5.92 Å². The first kappa shape index (κ1) is 15.5. The maximum absolute atomic E-state index is 10.9. The van der Waals surface area contributed by atoms with Gasteiger partial charge >= 0.3 is 0 Å². The molecular formula is C21H19NO3. The standard InChI is InChI=1S/C21H19NO3/c1-22-18-11-4-2-9-16(18)20(17-10-3-5-12-19(17)22)21(24)25-15-8-6-7-14(23)13-15/h2-13,20-21,23-24H,1H3. The Morgan fingerprint density at radius 2 is 1.48 bits per heavy atom. The molecule has 1 aliphatic rings. The van der Waals surface area contributed by atoms with Crippen LogP contribution in [-0.2, 0) is 0 Å². The van der Waals surface area contributed by atoms with Crippen LogP contribution in [0.1, 0.15) is 17.0 Å². The molecule has 3 aromatic carbocycles. The summed E-state index contributed by atoms with van der Waals surface area (Å²) >= 11 is 0. The van der Waals surface area contributed by atoms with Crippen molar-refractivity contribution < 1.29 is 14.9 Å². The van der Waals surface area contributed by atoms with Crippen molar-refractivity contribution in [2.24, 2.45) is 0 Å². The van der Waals surface area contributed by atoms with Gasteiger partial charge in [0.15, 0.2) is 0 Å². The number of phenolic OH excluding ortho intramolecular Hbond substituents is 1. The molecule has 0 amide bonds. The topological polar surface area (TPSA) is 52.9 Å². The average Bonchev–Trinajstić information content (AvgIpc) is 2.62. The van der Waals surface area contributed by atoms with E-state index in [4.69, 9.17) is 4.74 Å². The fraction of sp³-hybridized carbons (Fsp3) is 0.143. The van der Waals surface area contributed by atoms with E-state index in [1.807, 2.05) is 55.6 Å². The highest BCUT2D eigenvalue weighted by atomic mass is 16.6. The van der Waals surface area contributed by atoms with Crippen LogP contribution < -0.4 is 9.64 Å². The highest BCUT2D eigenvalue weighted by Crippen LogP contribution is 2.46. The average molecular weight is 333 g/mol. The number of aromatic hydroxyl groups is 1. The lowest BCUT2D eigenvalue weighted by atomic mass is 9.84. The molecule has 0 aromatic heterocycles. The van der Waals surface area contributed by atoms with Gasteiger partial charge in [-0.15, -0.1) is 0 Å². The zero-order valence-electron chi connectivity index (χ0n) is 13.8. The van der Waals surface area contributed by atoms with Gasteiger partial charge in [-0.05, 0) is 35.4 Å². The molecule has 1 atom stereocenters. The van der Waals surface area contributed by atoms with E-state index in [1.165, 1.54) is 6.07 Å². The second-order valence-corrected chi connectivity index (χ2v) is 6.16. The minimum Gasteiger partial charge on any atom is -0.508 e. The number of para-hydroxylation sites is 2. The van der Waals surface area contributed by atoms with Gasteiger partial charge in [0.1, 0.15) is 11.5 Å². The molecule has 3 aromatic rings. The third-order valence-corrected chi connectivity index (χ3v) is 4.63. The SMILES string of the molecule is CN1c2ccccc2C(C(O)Oc2cccc(O)c2)c2ccccc21. The molecule has 2 N–H and O–H groups in total. The quantitative estimate of drug-likeness (QED) is 0.711. The fourth-order valence-electron chi connectivity index (χ4n) is 3.48. The Balaban J connectivity index is 1.77. The van der Waals surface area contributed by atoms with Crippen molar-refractivity contribution in [1.29, 1.82) is 0 Å². The Hall–Kier alpha value is -2.98. The van der Waals surface area contributed by atoms with Gasteiger partial charge in [-0.3, -0.25) is 0 Å². The van der Waals surface area contributed by atoms with Crippen LogP contribution in [0.3, 0.4) is 0 Å². The van der Waals surface area contributed by atoms with Gasteiger partial charge in [-0.2, -0.15) is 0 Å². The molecule has 126 valence electrons. The summed E-state index contributed by atoms with van der Waals surface area (Å²) in [6.45, 7) is 0. The molecule has 0 saturated heterocycles. The number of fused-ring (bicyclic) bond motifs is 2. The third kappa shape index (κ3) is 2.71. The van der Waals surface area contributed by atoms with Crippen molar-refractivity contribution in [2.45, 2.75) is 12.2 Å². The molecule has 4 rings (SSSR count). The smallest absolute Gasteiger partial charge is 0.208 e. The second kappa shape index (κ2) is 6.15. The lowest BCUT2D eigenvalue weighted by Crippen LogP contribution is -2.31. The van der Waals surface area contributed by atoms with Gasteiger partial charge in [0.2, 0.25) is 6.29 Å². The highest BCUT2D eigenvalue weighted by Gasteiger charge is 2.34. The number of anilines is 2. The summed E-state index contributed by atoms with van der Waals surface area (Å²) in [5, 5.41) is 20.5. The molecule has 25 heavy (non-hydrogen) atoms. The van der Waals surface area contributed by atoms with E-state index in [2.05, 4.69) is 4.90 Å². The normalized spacial score (nSPS) is 14.6. The molecule has 4 nitrogen and oxygen atoms in total. The zero-order chi connectivity index (χ0) is 17.4. The van der Waals surface area contributed by atoms with Crippen LogP contribution in [0.15, 0.2) is 72.8 Å². The van der Waals surface area contributed by atoms with E-state index in [9.17, 15) is 10.2 Å². The lowest BCUT2D eigenvalue weighted by Gasteiger charge is -2.37. The largest absolute Gasteiger partial charge is 0.508 e. The summed E-state index contributed by atoms with van der Waals surface area (Å²) in [6.07, 6.45) is -1.07. The molecule has 0 bridgehead atoms. The number of rotatable bonds is 3. The minimum atomic E-state index is -1.07. The summed E-state index contributed by atoms with van der Waals surface area (Å²) in [6, 6.07) is 22.5. The number of aliphatic hydroxyl groups is 1. The number of phenols is 1. The molecule has 0 spiro atoms. The van der Waals surface area contributed by atoms with Gasteiger partial charge in [-0.25, -0.2) is 0 Å². The predicted molar refractivity (Wildman–Crippen MR) is 97.5 cm³/mol. The minimum absolute atomic E-state index is 0.105. The third-order valence-electron chi connectivity index (χ3n) is 4.63. The number of hydrogen-bond donors (Lipinski definition) is 2. The van der Waals surface area contributed by atoms with Gasteiger partial charge in [-0.1, -0.05) is 42.5 Å². The van der Waals surface area contributed by atoms with E-state index >= 15 is 0 Å². The summed E-state index contributed by atoms with van der Waals surface area (Å²) in [5.74, 6) is 0.223. The molecule has 0 fully saturated rings. The number of hydrogen-bond acceptors (Lipinski definition) is 4. The summed E-state index contributed by atoms with van der Waals surface area (Å²) in [7, 11) is 2.02. The van der Waals surface area contributed by atoms with Crippen LogP contribution in [0.4, 0.5) is 11.4 Å². The maximum atomic E-state index is 10.9. The van der Waals surface area contributed by atoms with E-state index in [0.717, 1.165) is 22.5 Å². The fourth-order valence-corrected chi connectivity index (χ4v) is 3.48. The van der Waals surface area contributed by atoms with E-state index in [0.29, 0.717) is 5.75 Å². The second-order valence-electron chi connectivity index (χ2n) is 6.16. The molecule has 1 heterocycles. The van der Waals surface area contributed by atoms with Crippen LogP contribution in [0.5, 0.6) is 11.5 Å². The maximum Gasteiger partial charge on any atom is 0.208 e. The molecule has 0 radical (unpaired) electrons. The summed E-state index contributed by atoms with van der Waals surface area (Å²) in [4.78, 5) is 2.13. The summed E-state index contributed by atoms with van der Waals surface area (Å²) < 4.78 is 5.76. The van der Waals surface area contributed by atoms with E-state index in [-0.39, 0.29) is 11.7 Å². The molecule has 1 aliphatic heterocycles. The van der Waals surface area contributed by atoms with Crippen molar-refractivity contribution in [3.63, 3.8) is 0 Å². The molecule has 4 heteroatoms. The predicted octanol–water partition coefficient (Wildman–Crippen LogP) is 4.00. The molecule has 0 aliphatic carbocycles. The Morgan fingerprint density at radius 3 is 2.08 bits per heavy atom. The summed E-state index contributed by atoms with van der Waals surface area (Å²) in [5.41, 5.74) is 4.11. The molecule has 0 saturated carbocycles. The van der Waals surface area contributed by atoms with Crippen LogP contribution in [0, 0.1) is 0 Å². The van der Waals surface area contributed by atoms with Crippen LogP contribution in [-0.4, -0.2) is 23.6 Å². The van der Waals surface area contributed by atoms with E-state index in [1.54, 1.807) is 18.2 Å². The Labute approximate surface area is 146 Å². The Bertz CT molecular complexity index is 861. The van der Waals surface area contributed by atoms with Gasteiger partial charge < -0.3 is 19.8 Å². The number of benzene rings is 3. The van der Waals surface area contributed by atoms with Crippen LogP contribution >= 0.6 is 0 Å². The molecule has 1 unspecified atom stereocenters. The van der Waals surface area contributed by atoms with Crippen molar-refractivity contribution in [3.05, 3.63) is 83.9 Å². The van der Waals surface area contributed by atoms with Crippen molar-refractivity contribution >= 4 is 11.4 Å². The Kier molecular flexibility index (Phi) is 3.82. The zero-order valence-corrected chi connectivity index (χ0v) is 13.8. The lowest BCUT2D eigenvalue weighted by molar-refractivity contribution is -0.0293. The first-order valence-electron chi connectivity index (χ1n) is 8.20. The number of ether oxygens (including phenoxy) is 1. The van der Waals surface area contributed by atoms with Crippen LogP contribution in [0.2, 0.25) is 0 Å². The van der Waals surface area contributed by atoms with Crippen molar-refractivity contribution in [3.8, 4) is 11.5 Å². The number of nitrogens with zero attached hydrogens (tertiary/aromatic N) is 1. The molecular weight excluding hydrogens is 314 g/mol.